The largest absolute Gasteiger partial charge is 0.447 e. The number of nitrogens with zero attached hydrogens (tertiary/aromatic N) is 4. The van der Waals surface area contributed by atoms with Gasteiger partial charge in [0.25, 0.3) is 0 Å². The van der Waals surface area contributed by atoms with Crippen LogP contribution < -0.4 is 19.8 Å². The highest BCUT2D eigenvalue weighted by Gasteiger charge is 2.21. The minimum atomic E-state index is 0.126. The molecule has 2 heterocycles. The molecule has 132 valence electrons. The molecule has 0 spiro atoms. The van der Waals surface area contributed by atoms with Gasteiger partial charge in [0.15, 0.2) is 0 Å². The van der Waals surface area contributed by atoms with Crippen molar-refractivity contribution in [1.29, 1.82) is 0 Å². The molecule has 27 heavy (non-hydrogen) atoms. The van der Waals surface area contributed by atoms with Crippen molar-refractivity contribution in [3.63, 3.8) is 0 Å². The summed E-state index contributed by atoms with van der Waals surface area (Å²) in [6.07, 6.45) is 3.51. The molecule has 0 aliphatic carbocycles. The van der Waals surface area contributed by atoms with Crippen LogP contribution in [0, 0.1) is 0 Å². The Morgan fingerprint density at radius 3 is 1.59 bits per heavy atom. The smallest absolute Gasteiger partial charge is 0.412 e. The molecule has 2 aromatic heterocycles. The third-order valence-corrected chi connectivity index (χ3v) is 3.57. The molecule has 0 saturated heterocycles. The van der Waals surface area contributed by atoms with Crippen molar-refractivity contribution < 1.29 is 14.0 Å². The van der Waals surface area contributed by atoms with E-state index in [0.717, 1.165) is 0 Å². The molecule has 0 saturated carbocycles. The SMILES string of the molecule is Nc1cc[n+](-c2nc(Oc3ccccc3)nc(Oc3ccccc3)n2)cc1. The fraction of sp³-hybridized carbons (Fsp3) is 0. The Bertz CT molecular complexity index is 965. The van der Waals surface area contributed by atoms with E-state index in [2.05, 4.69) is 15.0 Å². The number of ether oxygens (including phenoxy) is 2. The van der Waals surface area contributed by atoms with Crippen LogP contribution in [0.5, 0.6) is 23.5 Å². The number of nitrogen functional groups attached to an aromatic ring is 1. The van der Waals surface area contributed by atoms with E-state index in [9.17, 15) is 0 Å². The normalized spacial score (nSPS) is 10.4. The summed E-state index contributed by atoms with van der Waals surface area (Å²) >= 11 is 0. The van der Waals surface area contributed by atoms with E-state index >= 15 is 0 Å². The molecule has 2 aromatic carbocycles. The molecule has 0 fully saturated rings. The third kappa shape index (κ3) is 4.16. The molecule has 0 atom stereocenters. The van der Waals surface area contributed by atoms with Gasteiger partial charge in [-0.3, -0.25) is 0 Å². The van der Waals surface area contributed by atoms with Crippen molar-refractivity contribution in [2.75, 3.05) is 5.73 Å². The maximum Gasteiger partial charge on any atom is 0.447 e. The van der Waals surface area contributed by atoms with Crippen LogP contribution in [0.1, 0.15) is 0 Å². The third-order valence-electron chi connectivity index (χ3n) is 3.57. The Hall–Kier alpha value is -4.00. The molecule has 7 nitrogen and oxygen atoms in total. The highest BCUT2D eigenvalue weighted by molar-refractivity contribution is 5.33. The maximum absolute atomic E-state index is 5.76. The van der Waals surface area contributed by atoms with Gasteiger partial charge in [0.05, 0.1) is 12.4 Å². The van der Waals surface area contributed by atoms with E-state index < -0.39 is 0 Å². The number of nitrogens with two attached hydrogens (primary N) is 1. The van der Waals surface area contributed by atoms with Crippen molar-refractivity contribution in [1.82, 2.24) is 15.0 Å². The number of benzene rings is 2. The first-order valence-corrected chi connectivity index (χ1v) is 8.25. The number of hydrogen-bond donors (Lipinski definition) is 1. The van der Waals surface area contributed by atoms with E-state index in [1.165, 1.54) is 0 Å². The van der Waals surface area contributed by atoms with Crippen molar-refractivity contribution in [2.45, 2.75) is 0 Å². The first-order valence-electron chi connectivity index (χ1n) is 8.25. The lowest BCUT2D eigenvalue weighted by molar-refractivity contribution is -0.603. The molecule has 0 bridgehead atoms. The van der Waals surface area contributed by atoms with Crippen LogP contribution in [-0.2, 0) is 0 Å². The molecular weight excluding hydrogens is 342 g/mol. The number of para-hydroxylation sites is 2. The summed E-state index contributed by atoms with van der Waals surface area (Å²) in [6.45, 7) is 0. The molecule has 4 rings (SSSR count). The van der Waals surface area contributed by atoms with Gasteiger partial charge in [-0.25, -0.2) is 4.57 Å². The molecule has 7 heteroatoms. The summed E-state index contributed by atoms with van der Waals surface area (Å²) in [6, 6.07) is 22.3. The van der Waals surface area contributed by atoms with Gasteiger partial charge < -0.3 is 15.2 Å². The Kier molecular flexibility index (Phi) is 4.57. The molecule has 0 radical (unpaired) electrons. The van der Waals surface area contributed by atoms with Crippen molar-refractivity contribution in [2.24, 2.45) is 0 Å². The van der Waals surface area contributed by atoms with Gasteiger partial charge in [0.1, 0.15) is 11.5 Å². The standard InChI is InChI=1S/C20H15N5O2/c21-15-11-13-25(14-12-15)18-22-19(26-16-7-3-1-4-8-16)24-20(23-18)27-17-9-5-2-6-10-17/h1-14,21H/p+1. The summed E-state index contributed by atoms with van der Waals surface area (Å²) in [7, 11) is 0. The van der Waals surface area contributed by atoms with E-state index in [4.69, 9.17) is 15.2 Å². The zero-order valence-corrected chi connectivity index (χ0v) is 14.3. The summed E-state index contributed by atoms with van der Waals surface area (Å²) in [4.78, 5) is 13.0. The summed E-state index contributed by atoms with van der Waals surface area (Å²) in [5, 5.41) is 0. The minimum Gasteiger partial charge on any atom is -0.412 e. The van der Waals surface area contributed by atoms with Crippen LogP contribution in [-0.4, -0.2) is 15.0 Å². The zero-order valence-electron chi connectivity index (χ0n) is 14.3. The van der Waals surface area contributed by atoms with E-state index in [1.807, 2.05) is 60.7 Å². The first kappa shape index (κ1) is 16.5. The molecule has 4 aromatic rings. The Morgan fingerprint density at radius 2 is 1.11 bits per heavy atom. The minimum absolute atomic E-state index is 0.126. The molecule has 0 amide bonds. The molecule has 0 aliphatic heterocycles. The second-order valence-electron chi connectivity index (χ2n) is 5.57. The topological polar surface area (TPSA) is 87.0 Å². The van der Waals surface area contributed by atoms with Crippen molar-refractivity contribution in [3.05, 3.63) is 85.2 Å². The average Bonchev–Trinajstić information content (AvgIpc) is 2.70. The van der Waals surface area contributed by atoms with Crippen LogP contribution >= 0.6 is 0 Å². The predicted molar refractivity (Wildman–Crippen MR) is 98.8 cm³/mol. The van der Waals surface area contributed by atoms with Gasteiger partial charge in [-0.05, 0) is 46.4 Å². The van der Waals surface area contributed by atoms with Gasteiger partial charge in [0, 0.05) is 5.69 Å². The van der Waals surface area contributed by atoms with E-state index in [-0.39, 0.29) is 12.0 Å². The number of rotatable bonds is 5. The lowest BCUT2D eigenvalue weighted by atomic mass is 10.3. The van der Waals surface area contributed by atoms with Gasteiger partial charge >= 0.3 is 18.0 Å². The summed E-state index contributed by atoms with van der Waals surface area (Å²) < 4.78 is 13.2. The van der Waals surface area contributed by atoms with Gasteiger partial charge in [0.2, 0.25) is 0 Å². The highest BCUT2D eigenvalue weighted by atomic mass is 16.5. The fourth-order valence-electron chi connectivity index (χ4n) is 2.29. The molecule has 0 unspecified atom stereocenters. The molecule has 0 aliphatic rings. The summed E-state index contributed by atoms with van der Waals surface area (Å²) in [5.74, 6) is 1.58. The quantitative estimate of drug-likeness (QED) is 0.551. The monoisotopic (exact) mass is 358 g/mol. The number of anilines is 1. The maximum atomic E-state index is 5.76. The van der Waals surface area contributed by atoms with Gasteiger partial charge in [-0.2, -0.15) is 0 Å². The average molecular weight is 358 g/mol. The summed E-state index contributed by atoms with van der Waals surface area (Å²) in [5.41, 5.74) is 6.39. The van der Waals surface area contributed by atoms with Gasteiger partial charge in [-0.1, -0.05) is 36.4 Å². The lowest BCUT2D eigenvalue weighted by Crippen LogP contribution is -2.32. The fourth-order valence-corrected chi connectivity index (χ4v) is 2.29. The van der Waals surface area contributed by atoms with E-state index in [0.29, 0.717) is 23.1 Å². The van der Waals surface area contributed by atoms with Crippen LogP contribution in [0.25, 0.3) is 5.95 Å². The zero-order chi connectivity index (χ0) is 18.5. The van der Waals surface area contributed by atoms with Crippen molar-refractivity contribution >= 4 is 5.69 Å². The number of aromatic nitrogens is 4. The van der Waals surface area contributed by atoms with Crippen molar-refractivity contribution in [3.8, 4) is 29.5 Å². The van der Waals surface area contributed by atoms with E-state index in [1.54, 1.807) is 29.1 Å². The highest BCUT2D eigenvalue weighted by Crippen LogP contribution is 2.22. The van der Waals surface area contributed by atoms with Crippen LogP contribution in [0.2, 0.25) is 0 Å². The predicted octanol–water partition coefficient (Wildman–Crippen LogP) is 3.32. The Morgan fingerprint density at radius 1 is 0.630 bits per heavy atom. The Balaban J connectivity index is 1.72. The number of hydrogen-bond acceptors (Lipinski definition) is 6. The van der Waals surface area contributed by atoms with Crippen LogP contribution in [0.4, 0.5) is 5.69 Å². The number of pyridine rings is 1. The second kappa shape index (κ2) is 7.49. The van der Waals surface area contributed by atoms with Crippen LogP contribution in [0.15, 0.2) is 85.2 Å². The lowest BCUT2D eigenvalue weighted by Gasteiger charge is -2.04. The molecular formula is C20H16N5O2+. The van der Waals surface area contributed by atoms with Crippen LogP contribution in [0.3, 0.4) is 0 Å². The second-order valence-corrected chi connectivity index (χ2v) is 5.57. The molecule has 2 N–H and O–H groups in total. The Labute approximate surface area is 155 Å². The van der Waals surface area contributed by atoms with Gasteiger partial charge in [-0.15, -0.1) is 4.98 Å². The first-order chi connectivity index (χ1) is 13.3.